The molecule has 0 fully saturated rings. The van der Waals surface area contributed by atoms with Crippen LogP contribution in [0.3, 0.4) is 0 Å². The predicted molar refractivity (Wildman–Crippen MR) is 122 cm³/mol. The van der Waals surface area contributed by atoms with Crippen LogP contribution < -0.4 is 10.6 Å². The van der Waals surface area contributed by atoms with Gasteiger partial charge >= 0.3 is 0 Å². The van der Waals surface area contributed by atoms with Crippen molar-refractivity contribution in [2.45, 2.75) is 9.79 Å². The van der Waals surface area contributed by atoms with E-state index in [1.54, 1.807) is 24.3 Å². The van der Waals surface area contributed by atoms with E-state index in [1.165, 1.54) is 23.9 Å². The highest BCUT2D eigenvalue weighted by atomic mass is 32.2. The molecule has 0 aliphatic rings. The normalized spacial score (nSPS) is 10.6. The van der Waals surface area contributed by atoms with Gasteiger partial charge in [-0.05, 0) is 53.2 Å². The SMILES string of the molecule is O=C(CNC(=O)c1cccc2ccccc12)Nc1ccccc1Sc1ccc(F)cc1. The standard InChI is InChI=1S/C25H19FN2O2S/c26-18-12-14-19(15-13-18)31-23-11-4-3-10-22(23)28-24(29)16-27-25(30)21-9-5-7-17-6-1-2-8-20(17)21/h1-15H,16H2,(H,27,30)(H,28,29). The van der Waals surface area contributed by atoms with Gasteiger partial charge in [0, 0.05) is 15.4 Å². The molecule has 4 aromatic rings. The molecule has 2 N–H and O–H groups in total. The quantitative estimate of drug-likeness (QED) is 0.425. The van der Waals surface area contributed by atoms with E-state index in [2.05, 4.69) is 10.6 Å². The average molecular weight is 431 g/mol. The lowest BCUT2D eigenvalue weighted by atomic mass is 10.0. The monoisotopic (exact) mass is 430 g/mol. The molecule has 0 aromatic heterocycles. The molecule has 4 nitrogen and oxygen atoms in total. The summed E-state index contributed by atoms with van der Waals surface area (Å²) in [5.41, 5.74) is 1.15. The number of carbonyl (C=O) groups excluding carboxylic acids is 2. The second kappa shape index (κ2) is 9.45. The maximum Gasteiger partial charge on any atom is 0.252 e. The second-order valence-electron chi connectivity index (χ2n) is 6.81. The molecule has 31 heavy (non-hydrogen) atoms. The molecule has 0 atom stereocenters. The van der Waals surface area contributed by atoms with Gasteiger partial charge in [-0.2, -0.15) is 0 Å². The first-order valence-corrected chi connectivity index (χ1v) is 10.5. The largest absolute Gasteiger partial charge is 0.343 e. The summed E-state index contributed by atoms with van der Waals surface area (Å²) in [6, 6.07) is 26.6. The molecule has 6 heteroatoms. The molecular weight excluding hydrogens is 411 g/mol. The molecule has 4 aromatic carbocycles. The summed E-state index contributed by atoms with van der Waals surface area (Å²) in [5, 5.41) is 7.33. The summed E-state index contributed by atoms with van der Waals surface area (Å²) in [7, 11) is 0. The van der Waals surface area contributed by atoms with Crippen molar-refractivity contribution in [1.29, 1.82) is 0 Å². The zero-order valence-electron chi connectivity index (χ0n) is 16.5. The summed E-state index contributed by atoms with van der Waals surface area (Å²) in [6.45, 7) is -0.155. The minimum absolute atomic E-state index is 0.155. The number of para-hydroxylation sites is 1. The van der Waals surface area contributed by atoms with Crippen LogP contribution in [0, 0.1) is 5.82 Å². The van der Waals surface area contributed by atoms with Crippen LogP contribution in [0.2, 0.25) is 0 Å². The zero-order chi connectivity index (χ0) is 21.6. The van der Waals surface area contributed by atoms with E-state index in [4.69, 9.17) is 0 Å². The van der Waals surface area contributed by atoms with Crippen LogP contribution in [0.1, 0.15) is 10.4 Å². The van der Waals surface area contributed by atoms with Gasteiger partial charge in [0.1, 0.15) is 5.82 Å². The van der Waals surface area contributed by atoms with E-state index in [1.807, 2.05) is 54.6 Å². The molecule has 4 rings (SSSR count). The fourth-order valence-electron chi connectivity index (χ4n) is 3.16. The van der Waals surface area contributed by atoms with Gasteiger partial charge in [0.25, 0.3) is 5.91 Å². The van der Waals surface area contributed by atoms with Crippen molar-refractivity contribution in [1.82, 2.24) is 5.32 Å². The molecule has 0 saturated heterocycles. The van der Waals surface area contributed by atoms with Crippen LogP contribution in [-0.2, 0) is 4.79 Å². The minimum Gasteiger partial charge on any atom is -0.343 e. The Morgan fingerprint density at radius 3 is 2.35 bits per heavy atom. The van der Waals surface area contributed by atoms with Gasteiger partial charge in [-0.25, -0.2) is 4.39 Å². The van der Waals surface area contributed by atoms with Gasteiger partial charge in [0.15, 0.2) is 0 Å². The molecule has 0 aliphatic carbocycles. The van der Waals surface area contributed by atoms with E-state index in [0.717, 1.165) is 20.6 Å². The third kappa shape index (κ3) is 5.10. The highest BCUT2D eigenvalue weighted by Crippen LogP contribution is 2.33. The van der Waals surface area contributed by atoms with Gasteiger partial charge in [0.2, 0.25) is 5.91 Å². The Kier molecular flexibility index (Phi) is 6.29. The molecule has 0 radical (unpaired) electrons. The lowest BCUT2D eigenvalue weighted by Crippen LogP contribution is -2.33. The maximum absolute atomic E-state index is 13.1. The smallest absolute Gasteiger partial charge is 0.252 e. The number of fused-ring (bicyclic) bond motifs is 1. The van der Waals surface area contributed by atoms with Crippen LogP contribution in [0.15, 0.2) is 101 Å². The lowest BCUT2D eigenvalue weighted by Gasteiger charge is -2.12. The van der Waals surface area contributed by atoms with Crippen molar-refractivity contribution in [2.75, 3.05) is 11.9 Å². The van der Waals surface area contributed by atoms with Crippen molar-refractivity contribution in [3.8, 4) is 0 Å². The van der Waals surface area contributed by atoms with Crippen LogP contribution in [-0.4, -0.2) is 18.4 Å². The van der Waals surface area contributed by atoms with Crippen LogP contribution in [0.5, 0.6) is 0 Å². The highest BCUT2D eigenvalue weighted by Gasteiger charge is 2.12. The molecular formula is C25H19FN2O2S. The molecule has 0 heterocycles. The molecule has 2 amide bonds. The van der Waals surface area contributed by atoms with Crippen molar-refractivity contribution < 1.29 is 14.0 Å². The zero-order valence-corrected chi connectivity index (χ0v) is 17.3. The van der Waals surface area contributed by atoms with Crippen molar-refractivity contribution in [2.24, 2.45) is 0 Å². The van der Waals surface area contributed by atoms with Gasteiger partial charge < -0.3 is 10.6 Å². The van der Waals surface area contributed by atoms with E-state index in [9.17, 15) is 14.0 Å². The lowest BCUT2D eigenvalue weighted by molar-refractivity contribution is -0.115. The number of carbonyl (C=O) groups is 2. The second-order valence-corrected chi connectivity index (χ2v) is 7.93. The Morgan fingerprint density at radius 2 is 1.52 bits per heavy atom. The average Bonchev–Trinajstić information content (AvgIpc) is 2.80. The first-order valence-electron chi connectivity index (χ1n) is 9.68. The first kappa shape index (κ1) is 20.6. The van der Waals surface area contributed by atoms with Crippen molar-refractivity contribution in [3.05, 3.63) is 102 Å². The molecule has 154 valence electrons. The molecule has 0 aliphatic heterocycles. The number of amides is 2. The number of rotatable bonds is 6. The van der Waals surface area contributed by atoms with Crippen molar-refractivity contribution >= 4 is 40.0 Å². The number of benzene rings is 4. The Hall–Kier alpha value is -3.64. The van der Waals surface area contributed by atoms with Crippen LogP contribution in [0.4, 0.5) is 10.1 Å². The number of anilines is 1. The maximum atomic E-state index is 13.1. The summed E-state index contributed by atoms with van der Waals surface area (Å²) in [4.78, 5) is 26.8. The van der Waals surface area contributed by atoms with E-state index in [-0.39, 0.29) is 24.2 Å². The predicted octanol–water partition coefficient (Wildman–Crippen LogP) is 5.50. The summed E-state index contributed by atoms with van der Waals surface area (Å²) in [6.07, 6.45) is 0. The molecule has 0 bridgehead atoms. The first-order chi connectivity index (χ1) is 15.1. The van der Waals surface area contributed by atoms with E-state index >= 15 is 0 Å². The van der Waals surface area contributed by atoms with E-state index in [0.29, 0.717) is 11.3 Å². The summed E-state index contributed by atoms with van der Waals surface area (Å²) in [5.74, 6) is -0.936. The summed E-state index contributed by atoms with van der Waals surface area (Å²) < 4.78 is 13.1. The fraction of sp³-hybridized carbons (Fsp3) is 0.0400. The topological polar surface area (TPSA) is 58.2 Å². The third-order valence-electron chi connectivity index (χ3n) is 4.65. The van der Waals surface area contributed by atoms with Crippen LogP contribution in [0.25, 0.3) is 10.8 Å². The van der Waals surface area contributed by atoms with Gasteiger partial charge in [-0.15, -0.1) is 0 Å². The van der Waals surface area contributed by atoms with E-state index < -0.39 is 0 Å². The Labute approximate surface area is 183 Å². The third-order valence-corrected chi connectivity index (χ3v) is 5.73. The van der Waals surface area contributed by atoms with Gasteiger partial charge in [-0.3, -0.25) is 9.59 Å². The van der Waals surface area contributed by atoms with Gasteiger partial charge in [0.05, 0.1) is 12.2 Å². The number of hydrogen-bond donors (Lipinski definition) is 2. The number of hydrogen-bond acceptors (Lipinski definition) is 3. The summed E-state index contributed by atoms with van der Waals surface area (Å²) >= 11 is 1.42. The fourth-order valence-corrected chi connectivity index (χ4v) is 4.06. The van der Waals surface area contributed by atoms with Gasteiger partial charge in [-0.1, -0.05) is 60.3 Å². The number of nitrogens with one attached hydrogen (secondary N) is 2. The molecule has 0 saturated carbocycles. The van der Waals surface area contributed by atoms with Crippen LogP contribution >= 0.6 is 11.8 Å². The Balaban J connectivity index is 1.41. The minimum atomic E-state index is -0.333. The van der Waals surface area contributed by atoms with Crippen molar-refractivity contribution in [3.63, 3.8) is 0 Å². The molecule has 0 spiro atoms. The molecule has 0 unspecified atom stereocenters. The Bertz CT molecular complexity index is 1240. The highest BCUT2D eigenvalue weighted by molar-refractivity contribution is 7.99. The Morgan fingerprint density at radius 1 is 0.806 bits per heavy atom. The number of halogens is 1.